The molecule has 1 atom stereocenters. The van der Waals surface area contributed by atoms with E-state index in [1.54, 1.807) is 39.0 Å². The number of amides is 3. The van der Waals surface area contributed by atoms with Gasteiger partial charge in [-0.1, -0.05) is 6.07 Å². The fourth-order valence-corrected chi connectivity index (χ4v) is 3.81. The molecule has 1 aromatic heterocycles. The Labute approximate surface area is 191 Å². The fraction of sp³-hybridized carbons (Fsp3) is 0.391. The Hall–Kier alpha value is -3.82. The van der Waals surface area contributed by atoms with E-state index in [1.807, 2.05) is 20.8 Å². The summed E-state index contributed by atoms with van der Waals surface area (Å²) in [6.07, 6.45) is 1.11. The molecule has 10 heteroatoms. The maximum absolute atomic E-state index is 12.9. The predicted molar refractivity (Wildman–Crippen MR) is 119 cm³/mol. The smallest absolute Gasteiger partial charge is 0.410 e. The molecule has 10 nitrogen and oxygen atoms in total. The number of carboxylic acid groups (broad SMARTS) is 1. The monoisotopic (exact) mass is 454 g/mol. The maximum Gasteiger partial charge on any atom is 0.410 e. The Morgan fingerprint density at radius 1 is 1.09 bits per heavy atom. The minimum atomic E-state index is -1.04. The first-order valence-corrected chi connectivity index (χ1v) is 10.6. The van der Waals surface area contributed by atoms with Crippen molar-refractivity contribution in [1.29, 1.82) is 0 Å². The number of urea groups is 1. The van der Waals surface area contributed by atoms with Crippen LogP contribution in [-0.4, -0.2) is 75.8 Å². The SMILES string of the molecule is CC(C)(C)OC(=O)N1CCN2C(=O)N(c3ccc(Oc4cccc(C(=O)O)c4)cn3)C[C@@H]2C1. The summed E-state index contributed by atoms with van der Waals surface area (Å²) in [6, 6.07) is 9.21. The van der Waals surface area contributed by atoms with E-state index >= 15 is 0 Å². The summed E-state index contributed by atoms with van der Waals surface area (Å²) >= 11 is 0. The Bertz CT molecular complexity index is 1070. The topological polar surface area (TPSA) is 113 Å². The molecule has 3 amide bonds. The molecule has 1 N–H and O–H groups in total. The molecule has 2 aromatic rings. The molecule has 4 rings (SSSR count). The lowest BCUT2D eigenvalue weighted by atomic mass is 10.2. The first kappa shape index (κ1) is 22.4. The summed E-state index contributed by atoms with van der Waals surface area (Å²) in [6.45, 7) is 7.13. The number of fused-ring (bicyclic) bond motifs is 1. The minimum Gasteiger partial charge on any atom is -0.478 e. The van der Waals surface area contributed by atoms with E-state index in [9.17, 15) is 14.4 Å². The van der Waals surface area contributed by atoms with Crippen LogP contribution in [0.5, 0.6) is 11.5 Å². The van der Waals surface area contributed by atoms with E-state index in [4.69, 9.17) is 14.6 Å². The van der Waals surface area contributed by atoms with Gasteiger partial charge in [-0.25, -0.2) is 19.4 Å². The number of benzene rings is 1. The van der Waals surface area contributed by atoms with Crippen molar-refractivity contribution in [3.05, 3.63) is 48.2 Å². The molecule has 1 aromatic carbocycles. The van der Waals surface area contributed by atoms with Crippen LogP contribution < -0.4 is 9.64 Å². The normalized spacial score (nSPS) is 18.2. The number of anilines is 1. The van der Waals surface area contributed by atoms with Crippen molar-refractivity contribution in [3.63, 3.8) is 0 Å². The van der Waals surface area contributed by atoms with Gasteiger partial charge in [0.2, 0.25) is 0 Å². The van der Waals surface area contributed by atoms with Crippen molar-refractivity contribution in [1.82, 2.24) is 14.8 Å². The zero-order valence-electron chi connectivity index (χ0n) is 18.7. The number of pyridine rings is 1. The second-order valence-electron chi connectivity index (χ2n) is 8.95. The highest BCUT2D eigenvalue weighted by Gasteiger charge is 2.43. The molecular weight excluding hydrogens is 428 g/mol. The van der Waals surface area contributed by atoms with Gasteiger partial charge in [0.15, 0.2) is 0 Å². The van der Waals surface area contributed by atoms with Gasteiger partial charge in [0.1, 0.15) is 22.9 Å². The first-order chi connectivity index (χ1) is 15.6. The lowest BCUT2D eigenvalue weighted by Gasteiger charge is -2.36. The van der Waals surface area contributed by atoms with Crippen LogP contribution >= 0.6 is 0 Å². The average molecular weight is 454 g/mol. The fourth-order valence-electron chi connectivity index (χ4n) is 3.81. The van der Waals surface area contributed by atoms with Gasteiger partial charge >= 0.3 is 18.1 Å². The Balaban J connectivity index is 1.41. The van der Waals surface area contributed by atoms with Crippen molar-refractivity contribution in [2.24, 2.45) is 0 Å². The minimum absolute atomic E-state index is 0.122. The summed E-state index contributed by atoms with van der Waals surface area (Å²) < 4.78 is 11.1. The number of carbonyl (C=O) groups is 3. The number of piperazine rings is 1. The van der Waals surface area contributed by atoms with Gasteiger partial charge in [-0.15, -0.1) is 0 Å². The van der Waals surface area contributed by atoms with Crippen molar-refractivity contribution in [2.75, 3.05) is 31.1 Å². The second-order valence-corrected chi connectivity index (χ2v) is 8.95. The van der Waals surface area contributed by atoms with Crippen LogP contribution in [0.3, 0.4) is 0 Å². The number of carboxylic acids is 1. The number of hydrogen-bond acceptors (Lipinski definition) is 6. The molecule has 3 heterocycles. The number of ether oxygens (including phenoxy) is 2. The van der Waals surface area contributed by atoms with Crippen LogP contribution in [0.2, 0.25) is 0 Å². The number of hydrogen-bond donors (Lipinski definition) is 1. The molecular formula is C23H26N4O6. The Morgan fingerprint density at radius 3 is 2.55 bits per heavy atom. The summed E-state index contributed by atoms with van der Waals surface area (Å²) in [5.74, 6) is 0.232. The molecule has 33 heavy (non-hydrogen) atoms. The molecule has 2 aliphatic rings. The van der Waals surface area contributed by atoms with Gasteiger partial charge in [-0.05, 0) is 51.1 Å². The van der Waals surface area contributed by atoms with Crippen LogP contribution in [-0.2, 0) is 4.74 Å². The van der Waals surface area contributed by atoms with Gasteiger partial charge in [0.05, 0.1) is 24.3 Å². The third-order valence-electron chi connectivity index (χ3n) is 5.32. The number of nitrogens with zero attached hydrogens (tertiary/aromatic N) is 4. The number of aromatic carboxylic acids is 1. The van der Waals surface area contributed by atoms with Crippen LogP contribution in [0.1, 0.15) is 31.1 Å². The molecule has 0 radical (unpaired) electrons. The predicted octanol–water partition coefficient (Wildman–Crippen LogP) is 3.43. The molecule has 174 valence electrons. The molecule has 0 unspecified atom stereocenters. The number of rotatable bonds is 4. The van der Waals surface area contributed by atoms with Crippen molar-refractivity contribution in [3.8, 4) is 11.5 Å². The largest absolute Gasteiger partial charge is 0.478 e. The maximum atomic E-state index is 12.9. The van der Waals surface area contributed by atoms with E-state index in [0.717, 1.165) is 0 Å². The Morgan fingerprint density at radius 2 is 1.88 bits per heavy atom. The molecule has 0 bridgehead atoms. The number of aromatic nitrogens is 1. The van der Waals surface area contributed by atoms with Crippen LogP contribution in [0.15, 0.2) is 42.6 Å². The zero-order valence-corrected chi connectivity index (χ0v) is 18.7. The second kappa shape index (κ2) is 8.61. The van der Waals surface area contributed by atoms with Crippen LogP contribution in [0, 0.1) is 0 Å². The lowest BCUT2D eigenvalue weighted by Crippen LogP contribution is -2.54. The van der Waals surface area contributed by atoms with Gasteiger partial charge in [-0.2, -0.15) is 0 Å². The molecule has 0 aliphatic carbocycles. The molecule has 0 spiro atoms. The zero-order chi connectivity index (χ0) is 23.8. The van der Waals surface area contributed by atoms with E-state index < -0.39 is 11.6 Å². The van der Waals surface area contributed by atoms with Crippen LogP contribution in [0.25, 0.3) is 0 Å². The quantitative estimate of drug-likeness (QED) is 0.753. The lowest BCUT2D eigenvalue weighted by molar-refractivity contribution is 0.0128. The van der Waals surface area contributed by atoms with Crippen molar-refractivity contribution < 1.29 is 29.0 Å². The highest BCUT2D eigenvalue weighted by Crippen LogP contribution is 2.28. The molecule has 2 aliphatic heterocycles. The van der Waals surface area contributed by atoms with Crippen molar-refractivity contribution >= 4 is 23.9 Å². The third kappa shape index (κ3) is 5.00. The van der Waals surface area contributed by atoms with E-state index in [1.165, 1.54) is 18.3 Å². The van der Waals surface area contributed by atoms with Gasteiger partial charge in [-0.3, -0.25) is 4.90 Å². The van der Waals surface area contributed by atoms with Gasteiger partial charge in [0.25, 0.3) is 0 Å². The number of carbonyl (C=O) groups excluding carboxylic acids is 2. The third-order valence-corrected chi connectivity index (χ3v) is 5.32. The summed E-state index contributed by atoms with van der Waals surface area (Å²) in [4.78, 5) is 45.8. The van der Waals surface area contributed by atoms with Crippen LogP contribution in [0.4, 0.5) is 15.4 Å². The molecule has 0 saturated carbocycles. The van der Waals surface area contributed by atoms with Crippen molar-refractivity contribution in [2.45, 2.75) is 32.4 Å². The standard InChI is InChI=1S/C23H26N4O6/c1-23(2,3)33-22(31)25-9-10-26-16(13-25)14-27(21(26)30)19-8-7-18(12-24-19)32-17-6-4-5-15(11-17)20(28)29/h4-8,11-12,16H,9-10,13-14H2,1-3H3,(H,28,29)/t16-/m0/s1. The van der Waals surface area contributed by atoms with E-state index in [-0.39, 0.29) is 23.7 Å². The Kier molecular flexibility index (Phi) is 5.84. The highest BCUT2D eigenvalue weighted by molar-refractivity contribution is 5.94. The highest BCUT2D eigenvalue weighted by atomic mass is 16.6. The summed E-state index contributed by atoms with van der Waals surface area (Å²) in [5, 5.41) is 9.10. The van der Waals surface area contributed by atoms with E-state index in [2.05, 4.69) is 4.98 Å². The first-order valence-electron chi connectivity index (χ1n) is 10.6. The average Bonchev–Trinajstić information content (AvgIpc) is 3.09. The molecule has 2 fully saturated rings. The summed E-state index contributed by atoms with van der Waals surface area (Å²) in [5.41, 5.74) is -0.453. The van der Waals surface area contributed by atoms with E-state index in [0.29, 0.717) is 43.5 Å². The van der Waals surface area contributed by atoms with Gasteiger partial charge < -0.3 is 24.4 Å². The summed E-state index contributed by atoms with van der Waals surface area (Å²) in [7, 11) is 0. The molecule has 2 saturated heterocycles. The van der Waals surface area contributed by atoms with Gasteiger partial charge in [0, 0.05) is 19.6 Å².